The lowest BCUT2D eigenvalue weighted by molar-refractivity contribution is 0.626. The minimum Gasteiger partial charge on any atom is -0.221 e. The number of benzene rings is 1. The van der Waals surface area contributed by atoms with E-state index in [0.29, 0.717) is 16.7 Å². The number of hydrogen-bond acceptors (Lipinski definition) is 4. The van der Waals surface area contributed by atoms with Crippen LogP contribution in [0.5, 0.6) is 0 Å². The lowest BCUT2D eigenvalue weighted by Crippen LogP contribution is -1.93. The van der Waals surface area contributed by atoms with Crippen LogP contribution in [-0.4, -0.2) is 9.97 Å². The third kappa shape index (κ3) is 3.05. The summed E-state index contributed by atoms with van der Waals surface area (Å²) >= 11 is 9.48. The van der Waals surface area contributed by atoms with Crippen LogP contribution in [0.2, 0.25) is 5.15 Å². The minimum atomic E-state index is -0.232. The highest BCUT2D eigenvalue weighted by Crippen LogP contribution is 2.33. The molecule has 0 aliphatic heterocycles. The SMILES string of the molecule is Cc1sc2nc(CSc3ccc(F)cc3)nc(Cl)c2c1C. The van der Waals surface area contributed by atoms with E-state index < -0.39 is 0 Å². The Hall–Kier alpha value is -1.17. The number of thioether (sulfide) groups is 1. The maximum absolute atomic E-state index is 12.9. The Balaban J connectivity index is 1.86. The quantitative estimate of drug-likeness (QED) is 0.473. The second-order valence-corrected chi connectivity index (χ2v) is 7.25. The van der Waals surface area contributed by atoms with E-state index in [4.69, 9.17) is 11.6 Å². The first-order valence-corrected chi connectivity index (χ1v) is 8.53. The maximum atomic E-state index is 12.9. The number of rotatable bonds is 3. The molecular weight excluding hydrogens is 327 g/mol. The predicted molar refractivity (Wildman–Crippen MR) is 87.9 cm³/mol. The molecule has 0 N–H and O–H groups in total. The van der Waals surface area contributed by atoms with Crippen molar-refractivity contribution in [3.05, 3.63) is 51.5 Å². The van der Waals surface area contributed by atoms with E-state index in [0.717, 1.165) is 20.7 Å². The van der Waals surface area contributed by atoms with E-state index in [9.17, 15) is 4.39 Å². The van der Waals surface area contributed by atoms with Gasteiger partial charge in [-0.25, -0.2) is 14.4 Å². The van der Waals surface area contributed by atoms with Crippen LogP contribution in [-0.2, 0) is 5.75 Å². The van der Waals surface area contributed by atoms with E-state index in [1.54, 1.807) is 35.2 Å². The molecule has 0 spiro atoms. The van der Waals surface area contributed by atoms with Crippen molar-refractivity contribution in [2.45, 2.75) is 24.5 Å². The summed E-state index contributed by atoms with van der Waals surface area (Å²) in [6, 6.07) is 6.40. The Morgan fingerprint density at radius 2 is 1.90 bits per heavy atom. The van der Waals surface area contributed by atoms with Crippen LogP contribution in [0.3, 0.4) is 0 Å². The summed E-state index contributed by atoms with van der Waals surface area (Å²) in [5, 5.41) is 1.46. The van der Waals surface area contributed by atoms with Gasteiger partial charge >= 0.3 is 0 Å². The highest BCUT2D eigenvalue weighted by Gasteiger charge is 2.13. The maximum Gasteiger partial charge on any atom is 0.142 e. The topological polar surface area (TPSA) is 25.8 Å². The smallest absolute Gasteiger partial charge is 0.142 e. The van der Waals surface area contributed by atoms with Gasteiger partial charge in [0.05, 0.1) is 11.1 Å². The highest BCUT2D eigenvalue weighted by molar-refractivity contribution is 7.98. The summed E-state index contributed by atoms with van der Waals surface area (Å²) in [5.74, 6) is 1.07. The van der Waals surface area contributed by atoms with E-state index >= 15 is 0 Å². The van der Waals surface area contributed by atoms with Crippen molar-refractivity contribution in [3.8, 4) is 0 Å². The highest BCUT2D eigenvalue weighted by atomic mass is 35.5. The van der Waals surface area contributed by atoms with Gasteiger partial charge in [0, 0.05) is 9.77 Å². The Morgan fingerprint density at radius 3 is 2.62 bits per heavy atom. The number of aryl methyl sites for hydroxylation is 2. The summed E-state index contributed by atoms with van der Waals surface area (Å²) in [7, 11) is 0. The molecule has 3 rings (SSSR count). The summed E-state index contributed by atoms with van der Waals surface area (Å²) in [6.07, 6.45) is 0. The molecule has 2 aromatic heterocycles. The van der Waals surface area contributed by atoms with Gasteiger partial charge in [-0.1, -0.05) is 11.6 Å². The van der Waals surface area contributed by atoms with Crippen LogP contribution in [0.25, 0.3) is 10.2 Å². The van der Waals surface area contributed by atoms with Crippen molar-refractivity contribution in [1.82, 2.24) is 9.97 Å². The molecule has 6 heteroatoms. The second kappa shape index (κ2) is 5.91. The van der Waals surface area contributed by atoms with Crippen molar-refractivity contribution >= 4 is 44.9 Å². The molecule has 0 bridgehead atoms. The molecule has 0 fully saturated rings. The van der Waals surface area contributed by atoms with Gasteiger partial charge in [0.1, 0.15) is 21.6 Å². The summed E-state index contributed by atoms with van der Waals surface area (Å²) in [4.78, 5) is 12.1. The second-order valence-electron chi connectivity index (χ2n) is 4.64. The fourth-order valence-corrected chi connectivity index (χ4v) is 4.17. The van der Waals surface area contributed by atoms with Crippen LogP contribution in [0, 0.1) is 19.7 Å². The predicted octanol–water partition coefficient (Wildman–Crippen LogP) is 5.39. The van der Waals surface area contributed by atoms with Crippen molar-refractivity contribution in [2.75, 3.05) is 0 Å². The Labute approximate surface area is 135 Å². The van der Waals surface area contributed by atoms with Crippen LogP contribution >= 0.6 is 34.7 Å². The molecule has 0 aliphatic rings. The summed E-state index contributed by atoms with van der Waals surface area (Å²) in [5.41, 5.74) is 1.15. The molecule has 0 amide bonds. The van der Waals surface area contributed by atoms with E-state index in [-0.39, 0.29) is 5.82 Å². The Bertz CT molecular complexity index is 800. The zero-order chi connectivity index (χ0) is 15.0. The minimum absolute atomic E-state index is 0.232. The van der Waals surface area contributed by atoms with Gasteiger partial charge in [-0.05, 0) is 43.7 Å². The van der Waals surface area contributed by atoms with Crippen LogP contribution in [0.4, 0.5) is 4.39 Å². The number of fused-ring (bicyclic) bond motifs is 1. The van der Waals surface area contributed by atoms with Gasteiger partial charge in [0.25, 0.3) is 0 Å². The first-order chi connectivity index (χ1) is 10.0. The van der Waals surface area contributed by atoms with Gasteiger partial charge in [-0.3, -0.25) is 0 Å². The van der Waals surface area contributed by atoms with E-state index in [1.165, 1.54) is 17.0 Å². The van der Waals surface area contributed by atoms with Gasteiger partial charge in [-0.2, -0.15) is 0 Å². The molecule has 0 saturated heterocycles. The van der Waals surface area contributed by atoms with E-state index in [2.05, 4.69) is 16.9 Å². The monoisotopic (exact) mass is 338 g/mol. The van der Waals surface area contributed by atoms with Crippen molar-refractivity contribution in [3.63, 3.8) is 0 Å². The van der Waals surface area contributed by atoms with Crippen molar-refractivity contribution in [1.29, 1.82) is 0 Å². The molecular formula is C15H12ClFN2S2. The summed E-state index contributed by atoms with van der Waals surface area (Å²) < 4.78 is 12.9. The Kier molecular flexibility index (Phi) is 4.15. The van der Waals surface area contributed by atoms with Crippen molar-refractivity contribution < 1.29 is 4.39 Å². The normalized spacial score (nSPS) is 11.2. The largest absolute Gasteiger partial charge is 0.221 e. The number of hydrogen-bond donors (Lipinski definition) is 0. The average molecular weight is 339 g/mol. The van der Waals surface area contributed by atoms with Crippen LogP contribution in [0.15, 0.2) is 29.2 Å². The lowest BCUT2D eigenvalue weighted by Gasteiger charge is -2.03. The third-order valence-electron chi connectivity index (χ3n) is 3.21. The number of aromatic nitrogens is 2. The average Bonchev–Trinajstić information content (AvgIpc) is 2.74. The van der Waals surface area contributed by atoms with Crippen LogP contribution < -0.4 is 0 Å². The lowest BCUT2D eigenvalue weighted by atomic mass is 10.2. The molecule has 0 saturated carbocycles. The van der Waals surface area contributed by atoms with E-state index in [1.807, 2.05) is 6.92 Å². The van der Waals surface area contributed by atoms with Gasteiger partial charge in [-0.15, -0.1) is 23.1 Å². The summed E-state index contributed by atoms with van der Waals surface area (Å²) in [6.45, 7) is 4.10. The number of thiophene rings is 1. The molecule has 108 valence electrons. The first kappa shape index (κ1) is 14.8. The standard InChI is InChI=1S/C15H12ClFN2S2/c1-8-9(2)21-15-13(8)14(16)18-12(19-15)7-20-11-5-3-10(17)4-6-11/h3-6H,7H2,1-2H3. The van der Waals surface area contributed by atoms with Gasteiger partial charge in [0.15, 0.2) is 0 Å². The number of nitrogens with zero attached hydrogens (tertiary/aromatic N) is 2. The van der Waals surface area contributed by atoms with Gasteiger partial charge in [0.2, 0.25) is 0 Å². The molecule has 1 aromatic carbocycles. The fourth-order valence-electron chi connectivity index (χ4n) is 1.99. The third-order valence-corrected chi connectivity index (χ3v) is 5.60. The van der Waals surface area contributed by atoms with Crippen molar-refractivity contribution in [2.24, 2.45) is 0 Å². The van der Waals surface area contributed by atoms with Gasteiger partial charge < -0.3 is 0 Å². The fraction of sp³-hybridized carbons (Fsp3) is 0.200. The van der Waals surface area contributed by atoms with Crippen LogP contribution in [0.1, 0.15) is 16.3 Å². The molecule has 2 heterocycles. The molecule has 0 aliphatic carbocycles. The zero-order valence-electron chi connectivity index (χ0n) is 11.5. The molecule has 2 nitrogen and oxygen atoms in total. The molecule has 21 heavy (non-hydrogen) atoms. The Morgan fingerprint density at radius 1 is 1.19 bits per heavy atom. The zero-order valence-corrected chi connectivity index (χ0v) is 13.9. The molecule has 0 unspecified atom stereocenters. The molecule has 0 atom stereocenters. The molecule has 3 aromatic rings. The first-order valence-electron chi connectivity index (χ1n) is 6.35. The number of halogens is 2. The molecule has 0 radical (unpaired) electrons.